The summed E-state index contributed by atoms with van der Waals surface area (Å²) in [5.41, 5.74) is 1.24. The molecule has 8 nitrogen and oxygen atoms in total. The van der Waals surface area contributed by atoms with Gasteiger partial charge in [0.25, 0.3) is 0 Å². The molecule has 2 aromatic carbocycles. The monoisotopic (exact) mass is 459 g/mol. The van der Waals surface area contributed by atoms with Crippen LogP contribution in [0.15, 0.2) is 57.2 Å². The molecular formula is C20H18BrN3O5. The van der Waals surface area contributed by atoms with Crippen molar-refractivity contribution in [1.29, 1.82) is 0 Å². The molecule has 0 fully saturated rings. The average Bonchev–Trinajstić information content (AvgIpc) is 3.03. The number of esters is 1. The van der Waals surface area contributed by atoms with Crippen molar-refractivity contribution in [2.24, 2.45) is 10.2 Å². The first kappa shape index (κ1) is 20.5. The molecule has 0 saturated heterocycles. The fourth-order valence-electron chi connectivity index (χ4n) is 2.48. The van der Waals surface area contributed by atoms with Crippen LogP contribution in [-0.2, 0) is 9.53 Å². The average molecular weight is 460 g/mol. The lowest BCUT2D eigenvalue weighted by Gasteiger charge is -2.05. The lowest BCUT2D eigenvalue weighted by atomic mass is 10.2. The molecule has 0 unspecified atom stereocenters. The quantitative estimate of drug-likeness (QED) is 0.385. The SMILES string of the molecule is CCCOC(=O)c1ccc(OCC(=O)N=Nc2c(O)[nH]c3ccc(Br)cc23)cc1. The fraction of sp³-hybridized carbons (Fsp3) is 0.200. The largest absolute Gasteiger partial charge is 0.493 e. The molecule has 0 spiro atoms. The third kappa shape index (κ3) is 5.20. The second kappa shape index (κ2) is 9.33. The van der Waals surface area contributed by atoms with Gasteiger partial charge < -0.3 is 19.6 Å². The van der Waals surface area contributed by atoms with Crippen molar-refractivity contribution in [3.63, 3.8) is 0 Å². The van der Waals surface area contributed by atoms with Crippen LogP contribution < -0.4 is 4.74 Å². The topological polar surface area (TPSA) is 113 Å². The van der Waals surface area contributed by atoms with Gasteiger partial charge in [0.15, 0.2) is 12.3 Å². The van der Waals surface area contributed by atoms with Gasteiger partial charge in [-0.25, -0.2) is 4.79 Å². The molecule has 2 N–H and O–H groups in total. The van der Waals surface area contributed by atoms with Crippen LogP contribution in [0.3, 0.4) is 0 Å². The Kier molecular flexibility index (Phi) is 6.61. The van der Waals surface area contributed by atoms with Crippen molar-refractivity contribution in [3.05, 3.63) is 52.5 Å². The number of azo groups is 1. The number of halogens is 1. The van der Waals surface area contributed by atoms with E-state index >= 15 is 0 Å². The van der Waals surface area contributed by atoms with Gasteiger partial charge in [0.2, 0.25) is 5.88 Å². The van der Waals surface area contributed by atoms with Crippen LogP contribution in [0.4, 0.5) is 5.69 Å². The van der Waals surface area contributed by atoms with E-state index < -0.39 is 11.9 Å². The van der Waals surface area contributed by atoms with Gasteiger partial charge in [0.05, 0.1) is 17.7 Å². The van der Waals surface area contributed by atoms with Crippen molar-refractivity contribution < 1.29 is 24.2 Å². The maximum absolute atomic E-state index is 12.0. The molecule has 0 aliphatic heterocycles. The first-order chi connectivity index (χ1) is 14.0. The van der Waals surface area contributed by atoms with Gasteiger partial charge in [0.1, 0.15) is 5.75 Å². The molecule has 1 amide bonds. The number of H-pyrrole nitrogens is 1. The van der Waals surface area contributed by atoms with Crippen LogP contribution in [0.25, 0.3) is 10.9 Å². The summed E-state index contributed by atoms with van der Waals surface area (Å²) in [5, 5.41) is 18.0. The molecular weight excluding hydrogens is 442 g/mol. The van der Waals surface area contributed by atoms with Crippen LogP contribution in [0, 0.1) is 0 Å². The second-order valence-corrected chi connectivity index (χ2v) is 6.97. The Morgan fingerprint density at radius 1 is 1.17 bits per heavy atom. The lowest BCUT2D eigenvalue weighted by molar-refractivity contribution is -0.120. The number of carbonyl (C=O) groups excluding carboxylic acids is 2. The first-order valence-corrected chi connectivity index (χ1v) is 9.62. The normalized spacial score (nSPS) is 11.1. The number of amides is 1. The molecule has 0 saturated carbocycles. The molecule has 1 aromatic heterocycles. The first-order valence-electron chi connectivity index (χ1n) is 8.82. The highest BCUT2D eigenvalue weighted by molar-refractivity contribution is 9.10. The van der Waals surface area contributed by atoms with Gasteiger partial charge in [-0.3, -0.25) is 4.79 Å². The third-order valence-electron chi connectivity index (χ3n) is 3.87. The molecule has 3 aromatic rings. The molecule has 0 aliphatic rings. The Morgan fingerprint density at radius 2 is 1.93 bits per heavy atom. The molecule has 9 heteroatoms. The van der Waals surface area contributed by atoms with Gasteiger partial charge in [-0.15, -0.1) is 10.2 Å². The van der Waals surface area contributed by atoms with Crippen LogP contribution in [0.2, 0.25) is 0 Å². The summed E-state index contributed by atoms with van der Waals surface area (Å²) in [6.07, 6.45) is 0.747. The Balaban J connectivity index is 1.60. The van der Waals surface area contributed by atoms with Crippen molar-refractivity contribution in [3.8, 4) is 11.6 Å². The summed E-state index contributed by atoms with van der Waals surface area (Å²) in [6, 6.07) is 11.6. The van der Waals surface area contributed by atoms with E-state index in [1.165, 1.54) is 0 Å². The van der Waals surface area contributed by atoms with E-state index in [1.807, 2.05) is 13.0 Å². The maximum Gasteiger partial charge on any atom is 0.338 e. The smallest absolute Gasteiger partial charge is 0.338 e. The number of benzene rings is 2. The van der Waals surface area contributed by atoms with E-state index in [0.717, 1.165) is 10.9 Å². The molecule has 0 aliphatic carbocycles. The highest BCUT2D eigenvalue weighted by Crippen LogP contribution is 2.36. The molecule has 3 rings (SSSR count). The van der Waals surface area contributed by atoms with Crippen LogP contribution >= 0.6 is 15.9 Å². The fourth-order valence-corrected chi connectivity index (χ4v) is 2.84. The van der Waals surface area contributed by atoms with Gasteiger partial charge >= 0.3 is 11.9 Å². The van der Waals surface area contributed by atoms with E-state index in [-0.39, 0.29) is 18.2 Å². The number of aromatic amines is 1. The second-order valence-electron chi connectivity index (χ2n) is 6.05. The number of hydrogen-bond acceptors (Lipinski definition) is 6. The number of aromatic nitrogens is 1. The zero-order valence-electron chi connectivity index (χ0n) is 15.5. The predicted molar refractivity (Wildman–Crippen MR) is 110 cm³/mol. The molecule has 150 valence electrons. The van der Waals surface area contributed by atoms with Crippen LogP contribution in [0.1, 0.15) is 23.7 Å². The Hall–Kier alpha value is -3.20. The van der Waals surface area contributed by atoms with E-state index in [1.54, 1.807) is 36.4 Å². The number of aromatic hydroxyl groups is 1. The highest BCUT2D eigenvalue weighted by atomic mass is 79.9. The van der Waals surface area contributed by atoms with E-state index in [0.29, 0.717) is 28.8 Å². The Bertz CT molecular complexity index is 1060. The minimum absolute atomic E-state index is 0.171. The number of hydrogen-bond donors (Lipinski definition) is 2. The number of nitrogens with zero attached hydrogens (tertiary/aromatic N) is 2. The van der Waals surface area contributed by atoms with Crippen molar-refractivity contribution >= 4 is 44.4 Å². The Labute approximate surface area is 174 Å². The zero-order valence-corrected chi connectivity index (χ0v) is 17.1. The minimum atomic E-state index is -0.625. The summed E-state index contributed by atoms with van der Waals surface area (Å²) >= 11 is 3.35. The van der Waals surface area contributed by atoms with E-state index in [9.17, 15) is 14.7 Å². The standard InChI is InChI=1S/C20H18BrN3O5/c1-2-9-28-20(27)12-3-6-14(7-4-12)29-11-17(25)23-24-18-15-10-13(21)5-8-16(15)22-19(18)26/h3-8,10,22,26H,2,9,11H2,1H3. The maximum atomic E-state index is 12.0. The van der Waals surface area contributed by atoms with Gasteiger partial charge in [-0.1, -0.05) is 22.9 Å². The van der Waals surface area contributed by atoms with Crippen molar-refractivity contribution in [1.82, 2.24) is 4.98 Å². The molecule has 29 heavy (non-hydrogen) atoms. The van der Waals surface area contributed by atoms with Gasteiger partial charge in [-0.2, -0.15) is 0 Å². The van der Waals surface area contributed by atoms with E-state index in [4.69, 9.17) is 9.47 Å². The minimum Gasteiger partial charge on any atom is -0.493 e. The summed E-state index contributed by atoms with van der Waals surface area (Å²) in [6.45, 7) is 1.94. The van der Waals surface area contributed by atoms with Crippen molar-refractivity contribution in [2.75, 3.05) is 13.2 Å². The van der Waals surface area contributed by atoms with Gasteiger partial charge in [-0.05, 0) is 48.9 Å². The molecule has 0 bridgehead atoms. The number of ether oxygens (including phenoxy) is 2. The van der Waals surface area contributed by atoms with E-state index in [2.05, 4.69) is 31.1 Å². The number of nitrogens with one attached hydrogen (secondary N) is 1. The van der Waals surface area contributed by atoms with Crippen LogP contribution in [-0.4, -0.2) is 35.2 Å². The summed E-state index contributed by atoms with van der Waals surface area (Å²) in [4.78, 5) is 26.5. The lowest BCUT2D eigenvalue weighted by Crippen LogP contribution is -2.08. The van der Waals surface area contributed by atoms with Crippen molar-refractivity contribution in [2.45, 2.75) is 13.3 Å². The van der Waals surface area contributed by atoms with Gasteiger partial charge in [0, 0.05) is 9.86 Å². The molecule has 0 atom stereocenters. The highest BCUT2D eigenvalue weighted by Gasteiger charge is 2.12. The summed E-state index contributed by atoms with van der Waals surface area (Å²) in [7, 11) is 0. The summed E-state index contributed by atoms with van der Waals surface area (Å²) in [5.74, 6) is -0.811. The number of fused-ring (bicyclic) bond motifs is 1. The van der Waals surface area contributed by atoms with Crippen LogP contribution in [0.5, 0.6) is 11.6 Å². The Morgan fingerprint density at radius 3 is 2.66 bits per heavy atom. The molecule has 1 heterocycles. The number of rotatable bonds is 7. The summed E-state index contributed by atoms with van der Waals surface area (Å²) < 4.78 is 11.2. The molecule has 0 radical (unpaired) electrons. The third-order valence-corrected chi connectivity index (χ3v) is 4.36. The zero-order chi connectivity index (χ0) is 20.8. The predicted octanol–water partition coefficient (Wildman–Crippen LogP) is 4.89. The number of carbonyl (C=O) groups is 2.